The second-order valence-corrected chi connectivity index (χ2v) is 7.82. The number of nitrogens with one attached hydrogen (secondary N) is 1. The number of hydrogen-bond donors (Lipinski definition) is 2. The molecule has 6 nitrogen and oxygen atoms in total. The van der Waals surface area contributed by atoms with Gasteiger partial charge in [-0.2, -0.15) is 0 Å². The highest BCUT2D eigenvalue weighted by atomic mass is 32.2. The Labute approximate surface area is 134 Å². The van der Waals surface area contributed by atoms with Gasteiger partial charge >= 0.3 is 5.97 Å². The molecular formula is C16H18N2O4S. The van der Waals surface area contributed by atoms with Gasteiger partial charge in [-0.3, -0.25) is 10.1 Å². The van der Waals surface area contributed by atoms with Gasteiger partial charge < -0.3 is 9.67 Å². The molecule has 122 valence electrons. The summed E-state index contributed by atoms with van der Waals surface area (Å²) in [6, 6.07) is 10.1. The van der Waals surface area contributed by atoms with Crippen LogP contribution in [0, 0.1) is 6.92 Å². The molecule has 1 aliphatic rings. The van der Waals surface area contributed by atoms with Gasteiger partial charge in [-0.25, -0.2) is 8.42 Å². The Kier molecular flexibility index (Phi) is 3.77. The van der Waals surface area contributed by atoms with E-state index in [2.05, 4.69) is 5.32 Å². The predicted octanol–water partition coefficient (Wildman–Crippen LogP) is 1.50. The number of sulfone groups is 1. The summed E-state index contributed by atoms with van der Waals surface area (Å²) in [5.74, 6) is -1.16. The molecule has 23 heavy (non-hydrogen) atoms. The standard InChI is InChI=1S/C16H18N2O4S/c1-12-5-2-3-6-13(12)23(21,22)16(11-15(19)20)14-7-4-9-18(14)10-8-17-16/h2-7,9,17H,8,10-11H2,1H3,(H,19,20). The second-order valence-electron chi connectivity index (χ2n) is 5.68. The minimum atomic E-state index is -3.95. The highest BCUT2D eigenvalue weighted by molar-refractivity contribution is 7.92. The molecule has 2 heterocycles. The van der Waals surface area contributed by atoms with E-state index in [1.807, 2.05) is 0 Å². The second kappa shape index (κ2) is 5.50. The number of aliphatic carboxylic acids is 1. The van der Waals surface area contributed by atoms with Gasteiger partial charge in [0.25, 0.3) is 0 Å². The fourth-order valence-electron chi connectivity index (χ4n) is 3.18. The molecule has 1 atom stereocenters. The summed E-state index contributed by atoms with van der Waals surface area (Å²) in [6.45, 7) is 2.70. The quantitative estimate of drug-likeness (QED) is 0.885. The van der Waals surface area contributed by atoms with Gasteiger partial charge in [0, 0.05) is 19.3 Å². The van der Waals surface area contributed by atoms with Crippen molar-refractivity contribution in [2.24, 2.45) is 0 Å². The number of aromatic nitrogens is 1. The third-order valence-electron chi connectivity index (χ3n) is 4.25. The van der Waals surface area contributed by atoms with Crippen LogP contribution in [0.25, 0.3) is 0 Å². The summed E-state index contributed by atoms with van der Waals surface area (Å²) in [5.41, 5.74) is 1.07. The number of aryl methyl sites for hydroxylation is 1. The molecule has 2 aromatic rings. The average Bonchev–Trinajstić information content (AvgIpc) is 2.96. The smallest absolute Gasteiger partial charge is 0.306 e. The van der Waals surface area contributed by atoms with Gasteiger partial charge in [0.2, 0.25) is 9.84 Å². The highest BCUT2D eigenvalue weighted by Gasteiger charge is 2.51. The van der Waals surface area contributed by atoms with Crippen molar-refractivity contribution in [3.05, 3.63) is 53.9 Å². The van der Waals surface area contributed by atoms with E-state index in [-0.39, 0.29) is 4.90 Å². The average molecular weight is 334 g/mol. The summed E-state index contributed by atoms with van der Waals surface area (Å²) in [5, 5.41) is 12.3. The van der Waals surface area contributed by atoms with E-state index in [4.69, 9.17) is 0 Å². The van der Waals surface area contributed by atoms with E-state index in [0.29, 0.717) is 24.3 Å². The van der Waals surface area contributed by atoms with Crippen molar-refractivity contribution in [3.8, 4) is 0 Å². The Hall–Kier alpha value is -2.12. The zero-order valence-electron chi connectivity index (χ0n) is 12.7. The topological polar surface area (TPSA) is 88.4 Å². The first-order valence-electron chi connectivity index (χ1n) is 7.31. The van der Waals surface area contributed by atoms with Crippen LogP contribution in [0.3, 0.4) is 0 Å². The van der Waals surface area contributed by atoms with Gasteiger partial charge in [0.1, 0.15) is 0 Å². The summed E-state index contributed by atoms with van der Waals surface area (Å²) in [4.78, 5) is 9.95. The van der Waals surface area contributed by atoms with E-state index in [1.165, 1.54) is 6.07 Å². The zero-order valence-corrected chi connectivity index (χ0v) is 13.5. The van der Waals surface area contributed by atoms with Gasteiger partial charge in [-0.1, -0.05) is 18.2 Å². The van der Waals surface area contributed by atoms with Crippen molar-refractivity contribution < 1.29 is 18.3 Å². The van der Waals surface area contributed by atoms with Crippen LogP contribution < -0.4 is 5.32 Å². The number of carboxylic acids is 1. The zero-order chi connectivity index (χ0) is 16.7. The van der Waals surface area contributed by atoms with Crippen LogP contribution in [0.2, 0.25) is 0 Å². The van der Waals surface area contributed by atoms with Crippen LogP contribution in [0.1, 0.15) is 17.7 Å². The van der Waals surface area contributed by atoms with Crippen LogP contribution in [-0.4, -0.2) is 30.6 Å². The summed E-state index contributed by atoms with van der Waals surface area (Å²) in [6.07, 6.45) is 1.24. The first kappa shape index (κ1) is 15.8. The molecule has 0 amide bonds. The Balaban J connectivity index is 2.27. The number of carboxylic acid groups (broad SMARTS) is 1. The SMILES string of the molecule is Cc1ccccc1S(=O)(=O)C1(CC(=O)O)NCCn2cccc21. The van der Waals surface area contributed by atoms with Crippen LogP contribution in [0.4, 0.5) is 0 Å². The maximum absolute atomic E-state index is 13.4. The lowest BCUT2D eigenvalue weighted by molar-refractivity contribution is -0.138. The van der Waals surface area contributed by atoms with Gasteiger partial charge in [0.05, 0.1) is 17.0 Å². The molecule has 0 bridgehead atoms. The van der Waals surface area contributed by atoms with E-state index in [9.17, 15) is 18.3 Å². The van der Waals surface area contributed by atoms with Crippen LogP contribution in [0.5, 0.6) is 0 Å². The Bertz CT molecular complexity index is 856. The number of carbonyl (C=O) groups is 1. The number of fused-ring (bicyclic) bond motifs is 1. The number of hydrogen-bond acceptors (Lipinski definition) is 4. The van der Waals surface area contributed by atoms with Crippen molar-refractivity contribution in [2.45, 2.75) is 29.7 Å². The molecule has 2 N–H and O–H groups in total. The third-order valence-corrected chi connectivity index (χ3v) is 6.70. The summed E-state index contributed by atoms with van der Waals surface area (Å²) < 4.78 is 28.6. The van der Waals surface area contributed by atoms with E-state index >= 15 is 0 Å². The fraction of sp³-hybridized carbons (Fsp3) is 0.312. The summed E-state index contributed by atoms with van der Waals surface area (Å²) in [7, 11) is -3.95. The molecule has 0 saturated carbocycles. The number of rotatable bonds is 4. The van der Waals surface area contributed by atoms with Crippen molar-refractivity contribution in [3.63, 3.8) is 0 Å². The van der Waals surface area contributed by atoms with E-state index in [0.717, 1.165) is 0 Å². The largest absolute Gasteiger partial charge is 0.481 e. The maximum Gasteiger partial charge on any atom is 0.306 e. The predicted molar refractivity (Wildman–Crippen MR) is 84.7 cm³/mol. The minimum absolute atomic E-state index is 0.156. The van der Waals surface area contributed by atoms with Gasteiger partial charge in [0.15, 0.2) is 4.87 Å². The highest BCUT2D eigenvalue weighted by Crippen LogP contribution is 2.39. The lowest BCUT2D eigenvalue weighted by atomic mass is 10.1. The van der Waals surface area contributed by atoms with Crippen molar-refractivity contribution in [1.29, 1.82) is 0 Å². The lowest BCUT2D eigenvalue weighted by Crippen LogP contribution is -2.55. The molecule has 0 saturated heterocycles. The van der Waals surface area contributed by atoms with Crippen LogP contribution in [0.15, 0.2) is 47.5 Å². The molecular weight excluding hydrogens is 316 g/mol. The Morgan fingerprint density at radius 2 is 2.04 bits per heavy atom. The molecule has 0 aliphatic carbocycles. The molecule has 3 rings (SSSR count). The monoisotopic (exact) mass is 334 g/mol. The molecule has 0 spiro atoms. The third kappa shape index (κ3) is 2.36. The molecule has 1 aromatic carbocycles. The van der Waals surface area contributed by atoms with Gasteiger partial charge in [-0.15, -0.1) is 0 Å². The van der Waals surface area contributed by atoms with Crippen molar-refractivity contribution in [2.75, 3.05) is 6.54 Å². The van der Waals surface area contributed by atoms with Crippen molar-refractivity contribution in [1.82, 2.24) is 9.88 Å². The number of benzene rings is 1. The maximum atomic E-state index is 13.4. The molecule has 1 aliphatic heterocycles. The first-order chi connectivity index (χ1) is 10.9. The molecule has 1 unspecified atom stereocenters. The van der Waals surface area contributed by atoms with Crippen molar-refractivity contribution >= 4 is 15.8 Å². The normalized spacial score (nSPS) is 20.9. The fourth-order valence-corrected chi connectivity index (χ4v) is 5.38. The molecule has 1 aromatic heterocycles. The number of nitrogens with zero attached hydrogens (tertiary/aromatic N) is 1. The first-order valence-corrected chi connectivity index (χ1v) is 8.79. The van der Waals surface area contributed by atoms with E-state index < -0.39 is 27.1 Å². The Morgan fingerprint density at radius 1 is 1.30 bits per heavy atom. The molecule has 0 radical (unpaired) electrons. The Morgan fingerprint density at radius 3 is 2.74 bits per heavy atom. The molecule has 7 heteroatoms. The lowest BCUT2D eigenvalue weighted by Gasteiger charge is -2.38. The van der Waals surface area contributed by atoms with E-state index in [1.54, 1.807) is 48.0 Å². The minimum Gasteiger partial charge on any atom is -0.481 e. The van der Waals surface area contributed by atoms with Crippen LogP contribution >= 0.6 is 0 Å². The summed E-state index contributed by atoms with van der Waals surface area (Å²) >= 11 is 0. The van der Waals surface area contributed by atoms with Crippen LogP contribution in [-0.2, 0) is 26.0 Å². The molecule has 0 fully saturated rings. The van der Waals surface area contributed by atoms with Gasteiger partial charge in [-0.05, 0) is 30.7 Å².